The smallest absolute Gasteiger partial charge is 0.166 e. The lowest BCUT2D eigenvalue weighted by molar-refractivity contribution is 0.427. The molecule has 0 bridgehead atoms. The lowest BCUT2D eigenvalue weighted by Crippen LogP contribution is -2.21. The standard InChI is InChI=1S/C23H22N2O/c1-3-25(4-2)19-13-11-17(12-14-19)9-10-18-15-21-20-7-5-6-8-22(20)24-26-23(21)16-18/h5-16H,3-4H2,1-2H3. The summed E-state index contributed by atoms with van der Waals surface area (Å²) in [5.41, 5.74) is 5.56. The van der Waals surface area contributed by atoms with Crippen molar-refractivity contribution < 1.29 is 4.52 Å². The third-order valence-corrected chi connectivity index (χ3v) is 4.80. The Hall–Kier alpha value is -3.07. The van der Waals surface area contributed by atoms with E-state index < -0.39 is 0 Å². The van der Waals surface area contributed by atoms with E-state index >= 15 is 0 Å². The number of aromatic nitrogens is 1. The van der Waals surface area contributed by atoms with Crippen LogP contribution in [0.25, 0.3) is 34.4 Å². The van der Waals surface area contributed by atoms with Crippen molar-refractivity contribution in [1.82, 2.24) is 5.16 Å². The van der Waals surface area contributed by atoms with E-state index in [0.717, 1.165) is 40.9 Å². The van der Waals surface area contributed by atoms with E-state index in [1.54, 1.807) is 0 Å². The number of hydrogen-bond acceptors (Lipinski definition) is 3. The van der Waals surface area contributed by atoms with E-state index in [1.165, 1.54) is 11.3 Å². The molecule has 3 nitrogen and oxygen atoms in total. The number of anilines is 1. The normalized spacial score (nSPS) is 11.6. The summed E-state index contributed by atoms with van der Waals surface area (Å²) in [6, 6.07) is 20.9. The predicted octanol–water partition coefficient (Wildman–Crippen LogP) is 5.95. The third-order valence-electron chi connectivity index (χ3n) is 4.80. The molecule has 3 heteroatoms. The SMILES string of the molecule is CCN(CC)c1ccc(C=Cc2cc3onc4ccccc4c-3c2)cc1. The van der Waals surface area contributed by atoms with E-state index in [0.29, 0.717) is 0 Å². The monoisotopic (exact) mass is 342 g/mol. The van der Waals surface area contributed by atoms with Crippen LogP contribution in [-0.2, 0) is 0 Å². The van der Waals surface area contributed by atoms with E-state index in [9.17, 15) is 0 Å². The Kier molecular flexibility index (Phi) is 4.44. The van der Waals surface area contributed by atoms with Gasteiger partial charge in [-0.15, -0.1) is 0 Å². The van der Waals surface area contributed by atoms with Gasteiger partial charge in [-0.2, -0.15) is 0 Å². The van der Waals surface area contributed by atoms with Crippen LogP contribution in [0.3, 0.4) is 0 Å². The zero-order chi connectivity index (χ0) is 17.9. The quantitative estimate of drug-likeness (QED) is 0.449. The molecular weight excluding hydrogens is 320 g/mol. The minimum atomic E-state index is 0.820. The molecule has 0 aromatic heterocycles. The van der Waals surface area contributed by atoms with Gasteiger partial charge in [0.1, 0.15) is 5.52 Å². The second kappa shape index (κ2) is 7.04. The molecule has 0 amide bonds. The predicted molar refractivity (Wildman–Crippen MR) is 110 cm³/mol. The highest BCUT2D eigenvalue weighted by Gasteiger charge is 2.12. The van der Waals surface area contributed by atoms with Gasteiger partial charge in [0.25, 0.3) is 0 Å². The maximum Gasteiger partial charge on any atom is 0.166 e. The van der Waals surface area contributed by atoms with Gasteiger partial charge in [-0.05, 0) is 55.3 Å². The Labute approximate surface area is 153 Å². The fourth-order valence-corrected chi connectivity index (χ4v) is 3.35. The minimum absolute atomic E-state index is 0.820. The van der Waals surface area contributed by atoms with Crippen LogP contribution in [0.2, 0.25) is 0 Å². The van der Waals surface area contributed by atoms with Gasteiger partial charge < -0.3 is 9.42 Å². The van der Waals surface area contributed by atoms with Crippen molar-refractivity contribution in [2.24, 2.45) is 0 Å². The van der Waals surface area contributed by atoms with Gasteiger partial charge in [0.2, 0.25) is 0 Å². The van der Waals surface area contributed by atoms with Crippen molar-refractivity contribution in [3.05, 3.63) is 71.8 Å². The lowest BCUT2D eigenvalue weighted by Gasteiger charge is -2.20. The van der Waals surface area contributed by atoms with Crippen LogP contribution in [0.4, 0.5) is 5.69 Å². The Bertz CT molecular complexity index is 1010. The molecule has 26 heavy (non-hydrogen) atoms. The van der Waals surface area contributed by atoms with Crippen LogP contribution in [-0.4, -0.2) is 18.2 Å². The van der Waals surface area contributed by atoms with Crippen molar-refractivity contribution in [3.63, 3.8) is 0 Å². The molecule has 1 aliphatic heterocycles. The number of benzene rings is 2. The maximum atomic E-state index is 5.53. The molecule has 1 heterocycles. The van der Waals surface area contributed by atoms with Crippen LogP contribution in [0.5, 0.6) is 0 Å². The topological polar surface area (TPSA) is 29.3 Å². The second-order valence-electron chi connectivity index (χ2n) is 6.36. The summed E-state index contributed by atoms with van der Waals surface area (Å²) in [5.74, 6) is 0.820. The molecule has 2 aromatic rings. The van der Waals surface area contributed by atoms with Crippen molar-refractivity contribution in [2.75, 3.05) is 18.0 Å². The fraction of sp³-hybridized carbons (Fsp3) is 0.174. The summed E-state index contributed by atoms with van der Waals surface area (Å²) >= 11 is 0. The van der Waals surface area contributed by atoms with Gasteiger partial charge >= 0.3 is 0 Å². The van der Waals surface area contributed by atoms with Crippen molar-refractivity contribution in [2.45, 2.75) is 13.8 Å². The van der Waals surface area contributed by atoms with Crippen LogP contribution < -0.4 is 4.90 Å². The molecule has 0 atom stereocenters. The van der Waals surface area contributed by atoms with Crippen molar-refractivity contribution in [3.8, 4) is 11.3 Å². The molecule has 130 valence electrons. The largest absolute Gasteiger partial charge is 0.372 e. The number of fused-ring (bicyclic) bond motifs is 3. The molecule has 0 N–H and O–H groups in total. The highest BCUT2D eigenvalue weighted by Crippen LogP contribution is 2.33. The Balaban J connectivity index is 1.61. The molecule has 4 rings (SSSR count). The molecule has 0 unspecified atom stereocenters. The molecular formula is C23H22N2O. The van der Waals surface area contributed by atoms with E-state index in [1.807, 2.05) is 24.3 Å². The zero-order valence-corrected chi connectivity index (χ0v) is 15.1. The Morgan fingerprint density at radius 1 is 0.885 bits per heavy atom. The lowest BCUT2D eigenvalue weighted by atomic mass is 10.1. The number of hydrogen-bond donors (Lipinski definition) is 0. The van der Waals surface area contributed by atoms with E-state index in [2.05, 4.69) is 72.5 Å². The summed E-state index contributed by atoms with van der Waals surface area (Å²) in [4.78, 5) is 2.34. The summed E-state index contributed by atoms with van der Waals surface area (Å²) in [7, 11) is 0. The first-order valence-electron chi connectivity index (χ1n) is 9.09. The molecule has 1 aliphatic carbocycles. The highest BCUT2D eigenvalue weighted by atomic mass is 16.5. The van der Waals surface area contributed by atoms with Gasteiger partial charge in [-0.1, -0.05) is 47.6 Å². The van der Waals surface area contributed by atoms with E-state index in [-0.39, 0.29) is 0 Å². The fourth-order valence-electron chi connectivity index (χ4n) is 3.35. The zero-order valence-electron chi connectivity index (χ0n) is 15.1. The molecule has 0 saturated heterocycles. The van der Waals surface area contributed by atoms with Crippen LogP contribution in [0, 0.1) is 0 Å². The summed E-state index contributed by atoms with van der Waals surface area (Å²) < 4.78 is 5.53. The number of nitrogens with zero attached hydrogens (tertiary/aromatic N) is 2. The summed E-state index contributed by atoms with van der Waals surface area (Å²) in [6.45, 7) is 6.41. The van der Waals surface area contributed by atoms with Gasteiger partial charge in [0.15, 0.2) is 5.76 Å². The molecule has 0 saturated carbocycles. The molecule has 0 radical (unpaired) electrons. The highest BCUT2D eigenvalue weighted by molar-refractivity contribution is 5.95. The average molecular weight is 342 g/mol. The van der Waals surface area contributed by atoms with Gasteiger partial charge in [-0.25, -0.2) is 0 Å². The van der Waals surface area contributed by atoms with Gasteiger partial charge in [0, 0.05) is 29.7 Å². The molecule has 2 aliphatic rings. The van der Waals surface area contributed by atoms with Crippen molar-refractivity contribution >= 4 is 28.7 Å². The second-order valence-corrected chi connectivity index (χ2v) is 6.36. The molecule has 0 spiro atoms. The van der Waals surface area contributed by atoms with Gasteiger partial charge in [-0.3, -0.25) is 0 Å². The molecule has 0 fully saturated rings. The van der Waals surface area contributed by atoms with E-state index in [4.69, 9.17) is 4.52 Å². The summed E-state index contributed by atoms with van der Waals surface area (Å²) in [5, 5.41) is 5.30. The first kappa shape index (κ1) is 16.4. The van der Waals surface area contributed by atoms with Crippen molar-refractivity contribution in [1.29, 1.82) is 0 Å². The average Bonchev–Trinajstić information content (AvgIpc) is 3.12. The third kappa shape index (κ3) is 3.08. The maximum absolute atomic E-state index is 5.53. The Morgan fingerprint density at radius 3 is 2.38 bits per heavy atom. The molecule has 2 aromatic carbocycles. The summed E-state index contributed by atoms with van der Waals surface area (Å²) in [6.07, 6.45) is 4.26. The minimum Gasteiger partial charge on any atom is -0.372 e. The first-order chi connectivity index (χ1) is 12.8. The van der Waals surface area contributed by atoms with Gasteiger partial charge in [0.05, 0.1) is 0 Å². The Morgan fingerprint density at radius 2 is 1.62 bits per heavy atom. The van der Waals surface area contributed by atoms with Crippen LogP contribution in [0.1, 0.15) is 25.0 Å². The first-order valence-corrected chi connectivity index (χ1v) is 9.09. The number of rotatable bonds is 5. The van der Waals surface area contributed by atoms with Crippen LogP contribution in [0.15, 0.2) is 65.2 Å². The van der Waals surface area contributed by atoms with Crippen LogP contribution >= 0.6 is 0 Å².